The molecule has 0 saturated carbocycles. The Balaban J connectivity index is 2.35. The molecule has 0 amide bonds. The molecule has 1 N–H and O–H groups in total. The maximum Gasteiger partial charge on any atom is 0.247 e. The van der Waals surface area contributed by atoms with Gasteiger partial charge in [-0.05, 0) is 38.1 Å². The normalized spacial score (nSPS) is 11.8. The van der Waals surface area contributed by atoms with E-state index < -0.39 is 5.60 Å². The predicted octanol–water partition coefficient (Wildman–Crippen LogP) is 2.62. The van der Waals surface area contributed by atoms with Gasteiger partial charge in [0, 0.05) is 10.6 Å². The van der Waals surface area contributed by atoms with Crippen LogP contribution in [-0.2, 0) is 5.60 Å². The van der Waals surface area contributed by atoms with Crippen molar-refractivity contribution in [1.29, 1.82) is 0 Å². The first-order valence-electron chi connectivity index (χ1n) is 4.79. The molecule has 84 valence electrons. The largest absolute Gasteiger partial charge is 0.418 e. The maximum atomic E-state index is 9.68. The average Bonchev–Trinajstić information content (AvgIpc) is 2.67. The van der Waals surface area contributed by atoms with Gasteiger partial charge in [0.1, 0.15) is 5.60 Å². The van der Waals surface area contributed by atoms with Crippen LogP contribution in [0.3, 0.4) is 0 Å². The number of aliphatic hydroxyl groups is 1. The molecule has 2 aromatic rings. The van der Waals surface area contributed by atoms with Gasteiger partial charge >= 0.3 is 0 Å². The molecule has 2 rings (SSSR count). The van der Waals surface area contributed by atoms with E-state index in [0.717, 1.165) is 5.56 Å². The smallest absolute Gasteiger partial charge is 0.247 e. The van der Waals surface area contributed by atoms with Crippen LogP contribution in [-0.4, -0.2) is 15.3 Å². The summed E-state index contributed by atoms with van der Waals surface area (Å²) in [6, 6.07) is 7.05. The van der Waals surface area contributed by atoms with Gasteiger partial charge in [0.2, 0.25) is 11.8 Å². The number of hydrogen-bond donors (Lipinski definition) is 1. The third-order valence-corrected chi connectivity index (χ3v) is 2.29. The fourth-order valence-electron chi connectivity index (χ4n) is 1.18. The minimum Gasteiger partial charge on any atom is -0.418 e. The van der Waals surface area contributed by atoms with E-state index in [2.05, 4.69) is 10.2 Å². The molecule has 5 heteroatoms. The third-order valence-electron chi connectivity index (χ3n) is 2.04. The van der Waals surface area contributed by atoms with Crippen LogP contribution in [0.15, 0.2) is 28.7 Å². The molecule has 0 unspecified atom stereocenters. The molecule has 0 radical (unpaired) electrons. The highest BCUT2D eigenvalue weighted by Crippen LogP contribution is 2.24. The quantitative estimate of drug-likeness (QED) is 0.874. The molecule has 4 nitrogen and oxygen atoms in total. The lowest BCUT2D eigenvalue weighted by Gasteiger charge is -2.09. The van der Waals surface area contributed by atoms with Crippen LogP contribution in [0, 0.1) is 0 Å². The summed E-state index contributed by atoms with van der Waals surface area (Å²) in [7, 11) is 0. The van der Waals surface area contributed by atoms with Gasteiger partial charge in [-0.2, -0.15) is 0 Å². The summed E-state index contributed by atoms with van der Waals surface area (Å²) in [5.74, 6) is 0.561. The van der Waals surface area contributed by atoms with Crippen LogP contribution < -0.4 is 0 Å². The molecule has 0 aliphatic heterocycles. The fraction of sp³-hybridized carbons (Fsp3) is 0.273. The molecule has 0 atom stereocenters. The Kier molecular flexibility index (Phi) is 2.69. The number of hydrogen-bond acceptors (Lipinski definition) is 4. The SMILES string of the molecule is CC(C)(O)c1nnc(-c2ccc(Cl)cc2)o1. The van der Waals surface area contributed by atoms with Crippen LogP contribution in [0.25, 0.3) is 11.5 Å². The van der Waals surface area contributed by atoms with Crippen molar-refractivity contribution >= 4 is 11.6 Å². The average molecular weight is 239 g/mol. The first-order valence-corrected chi connectivity index (χ1v) is 5.17. The van der Waals surface area contributed by atoms with Crippen LogP contribution >= 0.6 is 11.6 Å². The number of aromatic nitrogens is 2. The molecule has 1 aromatic carbocycles. The number of halogens is 1. The molecule has 0 bridgehead atoms. The van der Waals surface area contributed by atoms with Crippen LogP contribution in [0.2, 0.25) is 5.02 Å². The van der Waals surface area contributed by atoms with Crippen molar-refractivity contribution in [2.75, 3.05) is 0 Å². The fourth-order valence-corrected chi connectivity index (χ4v) is 1.31. The number of nitrogens with zero attached hydrogens (tertiary/aromatic N) is 2. The van der Waals surface area contributed by atoms with Crippen molar-refractivity contribution in [3.63, 3.8) is 0 Å². The first-order chi connectivity index (χ1) is 7.47. The van der Waals surface area contributed by atoms with E-state index >= 15 is 0 Å². The standard InChI is InChI=1S/C11H11ClN2O2/c1-11(2,15)10-14-13-9(16-10)7-3-5-8(12)6-4-7/h3-6,15H,1-2H3. The summed E-state index contributed by atoms with van der Waals surface area (Å²) in [4.78, 5) is 0. The molecular weight excluding hydrogens is 228 g/mol. The lowest BCUT2D eigenvalue weighted by atomic mass is 10.1. The molecule has 1 heterocycles. The Morgan fingerprint density at radius 3 is 2.31 bits per heavy atom. The van der Waals surface area contributed by atoms with Crippen LogP contribution in [0.4, 0.5) is 0 Å². The topological polar surface area (TPSA) is 59.2 Å². The van der Waals surface area contributed by atoms with E-state index in [1.165, 1.54) is 0 Å². The van der Waals surface area contributed by atoms with Crippen LogP contribution in [0.5, 0.6) is 0 Å². The highest BCUT2D eigenvalue weighted by Gasteiger charge is 2.23. The zero-order valence-corrected chi connectivity index (χ0v) is 9.69. The minimum absolute atomic E-state index is 0.192. The second-order valence-corrected chi connectivity index (χ2v) is 4.41. The van der Waals surface area contributed by atoms with Gasteiger partial charge in [0.25, 0.3) is 0 Å². The molecule has 0 aliphatic rings. The van der Waals surface area contributed by atoms with Crippen LogP contribution in [0.1, 0.15) is 19.7 Å². The Labute approximate surface area is 97.9 Å². The van der Waals surface area contributed by atoms with Gasteiger partial charge in [0.15, 0.2) is 0 Å². The van der Waals surface area contributed by atoms with E-state index in [0.29, 0.717) is 10.9 Å². The highest BCUT2D eigenvalue weighted by molar-refractivity contribution is 6.30. The van der Waals surface area contributed by atoms with E-state index in [1.807, 2.05) is 0 Å². The van der Waals surface area contributed by atoms with Crippen molar-refractivity contribution in [1.82, 2.24) is 10.2 Å². The van der Waals surface area contributed by atoms with E-state index in [-0.39, 0.29) is 5.89 Å². The second-order valence-electron chi connectivity index (χ2n) is 3.98. The molecule has 0 spiro atoms. The monoisotopic (exact) mass is 238 g/mol. The number of rotatable bonds is 2. The van der Waals surface area contributed by atoms with Gasteiger partial charge in [-0.1, -0.05) is 11.6 Å². The number of benzene rings is 1. The summed E-state index contributed by atoms with van der Waals surface area (Å²) in [6.45, 7) is 3.18. The Morgan fingerprint density at radius 2 is 1.81 bits per heavy atom. The van der Waals surface area contributed by atoms with Gasteiger partial charge < -0.3 is 9.52 Å². The zero-order chi connectivity index (χ0) is 11.8. The first kappa shape index (κ1) is 11.1. The van der Waals surface area contributed by atoms with Crippen molar-refractivity contribution in [3.05, 3.63) is 35.2 Å². The molecule has 16 heavy (non-hydrogen) atoms. The molecule has 1 aromatic heterocycles. The third kappa shape index (κ3) is 2.23. The van der Waals surface area contributed by atoms with Gasteiger partial charge in [0.05, 0.1) is 0 Å². The minimum atomic E-state index is -1.13. The summed E-state index contributed by atoms with van der Waals surface area (Å²) in [5.41, 5.74) is -0.357. The van der Waals surface area contributed by atoms with Crippen molar-refractivity contribution in [3.8, 4) is 11.5 Å². The maximum absolute atomic E-state index is 9.68. The van der Waals surface area contributed by atoms with E-state index in [1.54, 1.807) is 38.1 Å². The van der Waals surface area contributed by atoms with E-state index in [4.69, 9.17) is 16.0 Å². The highest BCUT2D eigenvalue weighted by atomic mass is 35.5. The second kappa shape index (κ2) is 3.88. The van der Waals surface area contributed by atoms with Crippen molar-refractivity contribution < 1.29 is 9.52 Å². The van der Waals surface area contributed by atoms with Gasteiger partial charge in [-0.15, -0.1) is 10.2 Å². The molecule has 0 fully saturated rings. The summed E-state index contributed by atoms with van der Waals surface area (Å²) in [5, 5.41) is 18.0. The summed E-state index contributed by atoms with van der Waals surface area (Å²) in [6.07, 6.45) is 0. The summed E-state index contributed by atoms with van der Waals surface area (Å²) < 4.78 is 5.36. The van der Waals surface area contributed by atoms with Gasteiger partial charge in [-0.3, -0.25) is 0 Å². The van der Waals surface area contributed by atoms with Crippen molar-refractivity contribution in [2.24, 2.45) is 0 Å². The predicted molar refractivity (Wildman–Crippen MR) is 60.0 cm³/mol. The summed E-state index contributed by atoms with van der Waals surface area (Å²) >= 11 is 5.77. The van der Waals surface area contributed by atoms with E-state index in [9.17, 15) is 5.11 Å². The molecular formula is C11H11ClN2O2. The molecule has 0 aliphatic carbocycles. The Bertz CT molecular complexity index is 485. The Hall–Kier alpha value is -1.39. The lowest BCUT2D eigenvalue weighted by molar-refractivity contribution is 0.0488. The Morgan fingerprint density at radius 1 is 1.19 bits per heavy atom. The zero-order valence-electron chi connectivity index (χ0n) is 8.94. The van der Waals surface area contributed by atoms with Crippen molar-refractivity contribution in [2.45, 2.75) is 19.4 Å². The van der Waals surface area contributed by atoms with Gasteiger partial charge in [-0.25, -0.2) is 0 Å². The lowest BCUT2D eigenvalue weighted by Crippen LogP contribution is -2.15. The molecule has 0 saturated heterocycles.